The topological polar surface area (TPSA) is 63.4 Å². The van der Waals surface area contributed by atoms with Gasteiger partial charge in [-0.25, -0.2) is 4.39 Å². The number of carbonyl (C=O) groups excluding carboxylic acids is 2. The summed E-state index contributed by atoms with van der Waals surface area (Å²) in [6.07, 6.45) is 0. The molecule has 0 fully saturated rings. The van der Waals surface area contributed by atoms with Crippen LogP contribution in [-0.4, -0.2) is 23.8 Å². The average molecular weight is 447 g/mol. The van der Waals surface area contributed by atoms with E-state index in [0.717, 1.165) is 14.9 Å². The summed E-state index contributed by atoms with van der Waals surface area (Å²) in [4.78, 5) is 27.5. The van der Waals surface area contributed by atoms with Gasteiger partial charge in [0.1, 0.15) is 11.9 Å². The summed E-state index contributed by atoms with van der Waals surface area (Å²) >= 11 is 4.72. The largest absolute Gasteiger partial charge is 0.368 e. The number of primary amides is 1. The molecule has 3 aromatic rings. The molecule has 27 heavy (non-hydrogen) atoms. The number of thiophene rings is 1. The van der Waals surface area contributed by atoms with E-state index in [4.69, 9.17) is 5.73 Å². The maximum absolute atomic E-state index is 13.5. The van der Waals surface area contributed by atoms with Gasteiger partial charge in [-0.1, -0.05) is 40.2 Å². The van der Waals surface area contributed by atoms with Crippen LogP contribution in [0.2, 0.25) is 0 Å². The first-order chi connectivity index (χ1) is 12.9. The van der Waals surface area contributed by atoms with E-state index in [1.165, 1.54) is 41.5 Å². The summed E-state index contributed by atoms with van der Waals surface area (Å²) in [5.41, 5.74) is 6.81. The molecule has 2 amide bonds. The van der Waals surface area contributed by atoms with Crippen LogP contribution in [0.4, 0.5) is 4.39 Å². The Labute approximate surface area is 168 Å². The zero-order chi connectivity index (χ0) is 19.6. The van der Waals surface area contributed by atoms with Gasteiger partial charge >= 0.3 is 0 Å². The molecule has 3 rings (SSSR count). The van der Waals surface area contributed by atoms with Crippen LogP contribution >= 0.6 is 27.3 Å². The van der Waals surface area contributed by atoms with Gasteiger partial charge in [-0.2, -0.15) is 0 Å². The minimum Gasteiger partial charge on any atom is -0.368 e. The minimum absolute atomic E-state index is 0.336. The van der Waals surface area contributed by atoms with Crippen LogP contribution in [-0.2, 0) is 4.79 Å². The zero-order valence-electron chi connectivity index (χ0n) is 14.4. The lowest BCUT2D eigenvalue weighted by atomic mass is 10.0. The Hall–Kier alpha value is -2.51. The van der Waals surface area contributed by atoms with Crippen molar-refractivity contribution in [1.82, 2.24) is 4.90 Å². The van der Waals surface area contributed by atoms with Crippen molar-refractivity contribution in [3.05, 3.63) is 81.4 Å². The van der Waals surface area contributed by atoms with Gasteiger partial charge in [-0.05, 0) is 47.5 Å². The predicted octanol–water partition coefficient (Wildman–Crippen LogP) is 4.62. The van der Waals surface area contributed by atoms with Gasteiger partial charge in [0, 0.05) is 16.4 Å². The summed E-state index contributed by atoms with van der Waals surface area (Å²) in [5, 5.41) is 0. The molecule has 0 aliphatic carbocycles. The Morgan fingerprint density at radius 1 is 1.11 bits per heavy atom. The van der Waals surface area contributed by atoms with E-state index in [-0.39, 0.29) is 5.91 Å². The SMILES string of the molecule is CN(C(=O)c1ccc(-c2ccc(Br)cc2)s1)C(C(N)=O)c1cccc(F)c1. The standard InChI is InChI=1S/C20H16BrFN2O2S/c1-24(18(19(23)25)13-3-2-4-15(22)11-13)20(26)17-10-9-16(27-17)12-5-7-14(21)8-6-12/h2-11,18H,1H3,(H2,23,25). The van der Waals surface area contributed by atoms with Gasteiger partial charge in [-0.3, -0.25) is 9.59 Å². The normalized spacial score (nSPS) is 11.8. The van der Waals surface area contributed by atoms with E-state index in [1.54, 1.807) is 12.1 Å². The van der Waals surface area contributed by atoms with Crippen LogP contribution in [0.5, 0.6) is 0 Å². The van der Waals surface area contributed by atoms with Crippen LogP contribution in [0.1, 0.15) is 21.3 Å². The number of amides is 2. The van der Waals surface area contributed by atoms with Crippen molar-refractivity contribution >= 4 is 39.1 Å². The van der Waals surface area contributed by atoms with E-state index in [1.807, 2.05) is 30.3 Å². The molecule has 1 atom stereocenters. The van der Waals surface area contributed by atoms with Gasteiger partial charge in [0.15, 0.2) is 0 Å². The van der Waals surface area contributed by atoms with Gasteiger partial charge in [0.2, 0.25) is 5.91 Å². The van der Waals surface area contributed by atoms with E-state index >= 15 is 0 Å². The van der Waals surface area contributed by atoms with Crippen molar-refractivity contribution in [2.45, 2.75) is 6.04 Å². The molecule has 138 valence electrons. The summed E-state index contributed by atoms with van der Waals surface area (Å²) in [6.45, 7) is 0. The van der Waals surface area contributed by atoms with Gasteiger partial charge in [0.05, 0.1) is 4.88 Å². The summed E-state index contributed by atoms with van der Waals surface area (Å²) in [6, 6.07) is 15.8. The first kappa shape index (κ1) is 19.3. The Bertz CT molecular complexity index is 988. The Kier molecular flexibility index (Phi) is 5.72. The lowest BCUT2D eigenvalue weighted by Gasteiger charge is -2.25. The molecule has 2 N–H and O–H groups in total. The highest BCUT2D eigenvalue weighted by Gasteiger charge is 2.28. The molecule has 1 aromatic heterocycles. The number of carbonyl (C=O) groups is 2. The number of nitrogens with two attached hydrogens (primary N) is 1. The molecule has 0 spiro atoms. The minimum atomic E-state index is -1.05. The van der Waals surface area contributed by atoms with Gasteiger partial charge in [-0.15, -0.1) is 11.3 Å². The number of benzene rings is 2. The van der Waals surface area contributed by atoms with E-state index in [9.17, 15) is 14.0 Å². The van der Waals surface area contributed by atoms with Crippen molar-refractivity contribution in [3.63, 3.8) is 0 Å². The molecule has 0 saturated heterocycles. The highest BCUT2D eigenvalue weighted by atomic mass is 79.9. The van der Waals surface area contributed by atoms with Crippen molar-refractivity contribution in [1.29, 1.82) is 0 Å². The maximum atomic E-state index is 13.5. The summed E-state index contributed by atoms with van der Waals surface area (Å²) < 4.78 is 14.5. The van der Waals surface area contributed by atoms with Crippen LogP contribution in [0.15, 0.2) is 65.1 Å². The van der Waals surface area contributed by atoms with Crippen LogP contribution in [0, 0.1) is 5.82 Å². The second kappa shape index (κ2) is 8.02. The first-order valence-electron chi connectivity index (χ1n) is 8.04. The lowest BCUT2D eigenvalue weighted by Crippen LogP contribution is -2.38. The Balaban J connectivity index is 1.87. The smallest absolute Gasteiger partial charge is 0.264 e. The second-order valence-electron chi connectivity index (χ2n) is 5.95. The summed E-state index contributed by atoms with van der Waals surface area (Å²) in [5.74, 6) is -1.56. The van der Waals surface area contributed by atoms with Crippen LogP contribution in [0.3, 0.4) is 0 Å². The van der Waals surface area contributed by atoms with Gasteiger partial charge < -0.3 is 10.6 Å². The average Bonchev–Trinajstić information content (AvgIpc) is 3.11. The molecule has 1 unspecified atom stereocenters. The van der Waals surface area contributed by atoms with Crippen molar-refractivity contribution < 1.29 is 14.0 Å². The van der Waals surface area contributed by atoms with Crippen molar-refractivity contribution in [2.75, 3.05) is 7.05 Å². The zero-order valence-corrected chi connectivity index (χ0v) is 16.8. The number of nitrogens with zero attached hydrogens (tertiary/aromatic N) is 1. The molecule has 4 nitrogen and oxygen atoms in total. The third kappa shape index (κ3) is 4.26. The number of hydrogen-bond donors (Lipinski definition) is 1. The van der Waals surface area contributed by atoms with Crippen LogP contribution < -0.4 is 5.73 Å². The lowest BCUT2D eigenvalue weighted by molar-refractivity contribution is -0.122. The van der Waals surface area contributed by atoms with E-state index in [0.29, 0.717) is 10.4 Å². The number of halogens is 2. The highest BCUT2D eigenvalue weighted by molar-refractivity contribution is 9.10. The number of hydrogen-bond acceptors (Lipinski definition) is 3. The molecule has 0 aliphatic heterocycles. The van der Waals surface area contributed by atoms with E-state index in [2.05, 4.69) is 15.9 Å². The monoisotopic (exact) mass is 446 g/mol. The molecule has 0 bridgehead atoms. The van der Waals surface area contributed by atoms with E-state index < -0.39 is 17.8 Å². The summed E-state index contributed by atoms with van der Waals surface area (Å²) in [7, 11) is 1.49. The van der Waals surface area contributed by atoms with Crippen LogP contribution in [0.25, 0.3) is 10.4 Å². The molecular weight excluding hydrogens is 431 g/mol. The van der Waals surface area contributed by atoms with Crippen molar-refractivity contribution in [2.24, 2.45) is 5.73 Å². The van der Waals surface area contributed by atoms with Crippen molar-refractivity contribution in [3.8, 4) is 10.4 Å². The maximum Gasteiger partial charge on any atom is 0.264 e. The van der Waals surface area contributed by atoms with Gasteiger partial charge in [0.25, 0.3) is 5.91 Å². The Morgan fingerprint density at radius 3 is 2.44 bits per heavy atom. The molecule has 0 radical (unpaired) electrons. The third-order valence-corrected chi connectivity index (χ3v) is 5.74. The molecule has 0 aliphatic rings. The number of likely N-dealkylation sites (N-methyl/N-ethyl adjacent to an activating group) is 1. The fourth-order valence-corrected chi connectivity index (χ4v) is 4.03. The molecule has 2 aromatic carbocycles. The quantitative estimate of drug-likeness (QED) is 0.621. The highest BCUT2D eigenvalue weighted by Crippen LogP contribution is 2.31. The predicted molar refractivity (Wildman–Crippen MR) is 108 cm³/mol. The first-order valence-corrected chi connectivity index (χ1v) is 9.65. The molecular formula is C20H16BrFN2O2S. The number of rotatable bonds is 5. The third-order valence-electron chi connectivity index (χ3n) is 4.09. The Morgan fingerprint density at radius 2 is 1.81 bits per heavy atom. The second-order valence-corrected chi connectivity index (χ2v) is 7.95. The fourth-order valence-electron chi connectivity index (χ4n) is 2.77. The molecule has 0 saturated carbocycles. The molecule has 1 heterocycles. The fraction of sp³-hybridized carbons (Fsp3) is 0.100. The molecule has 7 heteroatoms.